The van der Waals surface area contributed by atoms with E-state index in [1.165, 1.54) is 20.4 Å². The van der Waals surface area contributed by atoms with Crippen LogP contribution in [0, 0.1) is 0 Å². The van der Waals surface area contributed by atoms with Gasteiger partial charge in [0.15, 0.2) is 0 Å². The van der Waals surface area contributed by atoms with Gasteiger partial charge in [-0.1, -0.05) is 12.1 Å². The molecule has 6 heteroatoms. The second-order valence-corrected chi connectivity index (χ2v) is 4.54. The highest BCUT2D eigenvalue weighted by Crippen LogP contribution is 2.22. The largest absolute Gasteiger partial charge is 0.497 e. The zero-order valence-corrected chi connectivity index (χ0v) is 13.2. The van der Waals surface area contributed by atoms with Gasteiger partial charge in [0.1, 0.15) is 17.2 Å². The molecule has 0 radical (unpaired) electrons. The van der Waals surface area contributed by atoms with Crippen molar-refractivity contribution in [1.82, 2.24) is 5.43 Å². The molecule has 6 nitrogen and oxygen atoms in total. The van der Waals surface area contributed by atoms with Crippen LogP contribution < -0.4 is 19.6 Å². The molecule has 1 amide bonds. The topological polar surface area (TPSA) is 69.2 Å². The van der Waals surface area contributed by atoms with Crippen molar-refractivity contribution < 1.29 is 19.0 Å². The predicted molar refractivity (Wildman–Crippen MR) is 87.6 cm³/mol. The van der Waals surface area contributed by atoms with Gasteiger partial charge in [0.25, 0.3) is 5.91 Å². The van der Waals surface area contributed by atoms with Gasteiger partial charge in [-0.25, -0.2) is 5.43 Å². The number of carbonyl (C=O) groups is 1. The summed E-state index contributed by atoms with van der Waals surface area (Å²) in [7, 11) is 4.63. The zero-order chi connectivity index (χ0) is 16.7. The van der Waals surface area contributed by atoms with Crippen LogP contribution in [-0.4, -0.2) is 33.5 Å². The van der Waals surface area contributed by atoms with Gasteiger partial charge in [0, 0.05) is 17.2 Å². The molecule has 0 aromatic heterocycles. The van der Waals surface area contributed by atoms with Crippen LogP contribution in [0.15, 0.2) is 47.6 Å². The van der Waals surface area contributed by atoms with Crippen LogP contribution in [-0.2, 0) is 0 Å². The van der Waals surface area contributed by atoms with E-state index < -0.39 is 0 Å². The Morgan fingerprint density at radius 2 is 1.65 bits per heavy atom. The first-order valence-electron chi connectivity index (χ1n) is 6.87. The van der Waals surface area contributed by atoms with Gasteiger partial charge >= 0.3 is 0 Å². The molecule has 23 heavy (non-hydrogen) atoms. The molecule has 0 aliphatic carbocycles. The number of para-hydroxylation sites is 1. The second kappa shape index (κ2) is 7.84. The maximum atomic E-state index is 12.2. The Morgan fingerprint density at radius 1 is 1.00 bits per heavy atom. The number of rotatable bonds is 6. The summed E-state index contributed by atoms with van der Waals surface area (Å²) in [6, 6.07) is 12.3. The Morgan fingerprint density at radius 3 is 2.26 bits per heavy atom. The van der Waals surface area contributed by atoms with Crippen molar-refractivity contribution in [3.63, 3.8) is 0 Å². The van der Waals surface area contributed by atoms with Gasteiger partial charge in [-0.2, -0.15) is 5.10 Å². The summed E-state index contributed by atoms with van der Waals surface area (Å²) in [6.45, 7) is 0. The number of ether oxygens (including phenoxy) is 3. The number of benzene rings is 2. The van der Waals surface area contributed by atoms with E-state index in [0.717, 1.165) is 5.56 Å². The number of amides is 1. The van der Waals surface area contributed by atoms with E-state index in [1.54, 1.807) is 25.3 Å². The Hall–Kier alpha value is -3.02. The fourth-order valence-corrected chi connectivity index (χ4v) is 1.94. The lowest BCUT2D eigenvalue weighted by molar-refractivity contribution is 0.0954. The van der Waals surface area contributed by atoms with E-state index in [-0.39, 0.29) is 5.91 Å². The fraction of sp³-hybridized carbons (Fsp3) is 0.176. The van der Waals surface area contributed by atoms with Crippen LogP contribution in [0.2, 0.25) is 0 Å². The molecule has 0 fully saturated rings. The summed E-state index contributed by atoms with van der Waals surface area (Å²) < 4.78 is 15.5. The second-order valence-electron chi connectivity index (χ2n) is 4.54. The first-order valence-corrected chi connectivity index (χ1v) is 6.87. The number of hydrogen-bond acceptors (Lipinski definition) is 5. The third kappa shape index (κ3) is 4.23. The lowest BCUT2D eigenvalue weighted by Gasteiger charge is -2.07. The van der Waals surface area contributed by atoms with E-state index in [1.807, 2.05) is 24.3 Å². The highest BCUT2D eigenvalue weighted by molar-refractivity contribution is 5.95. The van der Waals surface area contributed by atoms with Crippen LogP contribution >= 0.6 is 0 Å². The smallest absolute Gasteiger partial charge is 0.271 e. The molecule has 0 aliphatic heterocycles. The molecule has 2 rings (SSSR count). The quantitative estimate of drug-likeness (QED) is 0.657. The van der Waals surface area contributed by atoms with Crippen LogP contribution in [0.4, 0.5) is 0 Å². The zero-order valence-electron chi connectivity index (χ0n) is 13.2. The first kappa shape index (κ1) is 16.4. The number of hydrazone groups is 1. The van der Waals surface area contributed by atoms with Gasteiger partial charge in [0.2, 0.25) is 0 Å². The van der Waals surface area contributed by atoms with Crippen LogP contribution in [0.1, 0.15) is 15.9 Å². The van der Waals surface area contributed by atoms with Gasteiger partial charge in [0.05, 0.1) is 27.5 Å². The van der Waals surface area contributed by atoms with Crippen molar-refractivity contribution in [2.45, 2.75) is 0 Å². The van der Waals surface area contributed by atoms with Crippen LogP contribution in [0.5, 0.6) is 17.2 Å². The molecule has 2 aromatic rings. The van der Waals surface area contributed by atoms with Gasteiger partial charge in [-0.15, -0.1) is 0 Å². The maximum absolute atomic E-state index is 12.2. The predicted octanol–water partition coefficient (Wildman–Crippen LogP) is 2.48. The monoisotopic (exact) mass is 314 g/mol. The molecule has 0 spiro atoms. The minimum atomic E-state index is -0.367. The van der Waals surface area contributed by atoms with Crippen molar-refractivity contribution in [1.29, 1.82) is 0 Å². The summed E-state index contributed by atoms with van der Waals surface area (Å²) in [5.41, 5.74) is 3.62. The lowest BCUT2D eigenvalue weighted by atomic mass is 10.2. The molecule has 0 saturated carbocycles. The summed E-state index contributed by atoms with van der Waals surface area (Å²) in [5, 5.41) is 3.95. The highest BCUT2D eigenvalue weighted by atomic mass is 16.5. The van der Waals surface area contributed by atoms with E-state index in [2.05, 4.69) is 10.5 Å². The highest BCUT2D eigenvalue weighted by Gasteiger charge is 2.09. The molecule has 0 atom stereocenters. The number of carbonyl (C=O) groups excluding carboxylic acids is 1. The summed E-state index contributed by atoms with van der Waals surface area (Å²) in [4.78, 5) is 12.2. The molecule has 0 bridgehead atoms. The van der Waals surface area contributed by atoms with Crippen molar-refractivity contribution in [3.8, 4) is 17.2 Å². The molecule has 0 heterocycles. The Labute approximate surface area is 134 Å². The molecule has 1 N–H and O–H groups in total. The summed E-state index contributed by atoms with van der Waals surface area (Å²) >= 11 is 0. The maximum Gasteiger partial charge on any atom is 0.271 e. The molecule has 120 valence electrons. The standard InChI is InChI=1S/C17H18N2O4/c1-21-14-8-13(9-15(10-14)22-2)17(20)19-18-11-12-6-4-5-7-16(12)23-3/h4-11H,1-3H3,(H,19,20)/b18-11-. The van der Waals surface area contributed by atoms with E-state index in [4.69, 9.17) is 14.2 Å². The number of nitrogens with zero attached hydrogens (tertiary/aromatic N) is 1. The average molecular weight is 314 g/mol. The minimum Gasteiger partial charge on any atom is -0.497 e. The SMILES string of the molecule is COc1cc(OC)cc(C(=O)N/N=C\c2ccccc2OC)c1. The Kier molecular flexibility index (Phi) is 5.57. The molecule has 0 aliphatic rings. The van der Waals surface area contributed by atoms with Crippen LogP contribution in [0.25, 0.3) is 0 Å². The molecule has 2 aromatic carbocycles. The Balaban J connectivity index is 2.11. The normalized spacial score (nSPS) is 10.4. The van der Waals surface area contributed by atoms with Crippen LogP contribution in [0.3, 0.4) is 0 Å². The molecule has 0 saturated heterocycles. The third-order valence-corrected chi connectivity index (χ3v) is 3.12. The lowest BCUT2D eigenvalue weighted by Crippen LogP contribution is -2.17. The summed E-state index contributed by atoms with van der Waals surface area (Å²) in [5.74, 6) is 1.37. The van der Waals surface area contributed by atoms with E-state index in [9.17, 15) is 4.79 Å². The van der Waals surface area contributed by atoms with Gasteiger partial charge < -0.3 is 14.2 Å². The van der Waals surface area contributed by atoms with Crippen molar-refractivity contribution in [2.24, 2.45) is 5.10 Å². The fourth-order valence-electron chi connectivity index (χ4n) is 1.94. The third-order valence-electron chi connectivity index (χ3n) is 3.12. The number of hydrogen-bond donors (Lipinski definition) is 1. The number of nitrogens with one attached hydrogen (secondary N) is 1. The van der Waals surface area contributed by atoms with Gasteiger partial charge in [-0.05, 0) is 24.3 Å². The van der Waals surface area contributed by atoms with Crippen molar-refractivity contribution in [3.05, 3.63) is 53.6 Å². The van der Waals surface area contributed by atoms with Crippen molar-refractivity contribution >= 4 is 12.1 Å². The number of methoxy groups -OCH3 is 3. The molecule has 0 unspecified atom stereocenters. The molecular formula is C17H18N2O4. The Bertz CT molecular complexity index is 691. The van der Waals surface area contributed by atoms with E-state index >= 15 is 0 Å². The molecular weight excluding hydrogens is 296 g/mol. The minimum absolute atomic E-state index is 0.367. The van der Waals surface area contributed by atoms with E-state index in [0.29, 0.717) is 22.8 Å². The summed E-state index contributed by atoms with van der Waals surface area (Å²) in [6.07, 6.45) is 1.52. The van der Waals surface area contributed by atoms with Gasteiger partial charge in [-0.3, -0.25) is 4.79 Å². The van der Waals surface area contributed by atoms with Crippen molar-refractivity contribution in [2.75, 3.05) is 21.3 Å². The first-order chi connectivity index (χ1) is 11.2. The average Bonchev–Trinajstić information content (AvgIpc) is 2.61.